The third kappa shape index (κ3) is 3.45. The average molecular weight is 372 g/mol. The lowest BCUT2D eigenvalue weighted by atomic mass is 10.1. The van der Waals surface area contributed by atoms with Gasteiger partial charge in [0.15, 0.2) is 0 Å². The summed E-state index contributed by atoms with van der Waals surface area (Å²) in [5, 5.41) is 7.69. The maximum absolute atomic E-state index is 12.2. The summed E-state index contributed by atoms with van der Waals surface area (Å²) < 4.78 is 13.9. The minimum Gasteiger partial charge on any atom is -0.496 e. The summed E-state index contributed by atoms with van der Waals surface area (Å²) in [5.74, 6) is 1.39. The van der Waals surface area contributed by atoms with E-state index in [9.17, 15) is 4.79 Å². The molecule has 1 aromatic heterocycles. The second kappa shape index (κ2) is 7.65. The molecule has 0 spiro atoms. The lowest BCUT2D eigenvalue weighted by Gasteiger charge is -2.15. The first-order valence-electron chi connectivity index (χ1n) is 8.15. The fraction of sp³-hybridized carbons (Fsp3) is 0.278. The van der Waals surface area contributed by atoms with Crippen LogP contribution in [0.3, 0.4) is 0 Å². The van der Waals surface area contributed by atoms with Crippen LogP contribution < -0.4 is 15.2 Å². The fourth-order valence-electron chi connectivity index (χ4n) is 2.69. The minimum absolute atomic E-state index is 0.223. The van der Waals surface area contributed by atoms with Crippen LogP contribution in [0.4, 0.5) is 0 Å². The number of hydrogen-bond acceptors (Lipinski definition) is 6. The van der Waals surface area contributed by atoms with E-state index in [-0.39, 0.29) is 12.3 Å². The Morgan fingerprint density at radius 2 is 1.96 bits per heavy atom. The first kappa shape index (κ1) is 18.1. The largest absolute Gasteiger partial charge is 0.496 e. The van der Waals surface area contributed by atoms with Crippen molar-refractivity contribution in [1.82, 2.24) is 19.8 Å². The first-order chi connectivity index (χ1) is 12.5. The van der Waals surface area contributed by atoms with Crippen LogP contribution in [0, 0.1) is 0 Å². The number of benzene rings is 2. The zero-order valence-corrected chi connectivity index (χ0v) is 15.7. The topological polar surface area (TPSA) is 71.2 Å². The van der Waals surface area contributed by atoms with E-state index in [1.807, 2.05) is 24.3 Å². The van der Waals surface area contributed by atoms with E-state index in [0.717, 1.165) is 28.2 Å². The average Bonchev–Trinajstić information content (AvgIpc) is 2.99. The minimum atomic E-state index is -0.340. The van der Waals surface area contributed by atoms with Crippen molar-refractivity contribution in [2.45, 2.75) is 24.8 Å². The molecule has 0 atom stereocenters. The molecule has 0 fully saturated rings. The van der Waals surface area contributed by atoms with Crippen molar-refractivity contribution in [1.29, 1.82) is 0 Å². The van der Waals surface area contributed by atoms with Gasteiger partial charge in [0, 0.05) is 11.9 Å². The van der Waals surface area contributed by atoms with Crippen molar-refractivity contribution in [2.24, 2.45) is 7.05 Å². The van der Waals surface area contributed by atoms with Crippen LogP contribution in [-0.2, 0) is 20.1 Å². The molecular formula is C18H20N4O3S. The second-order valence-electron chi connectivity index (χ2n) is 5.69. The molecular weight excluding hydrogens is 352 g/mol. The Morgan fingerprint density at radius 1 is 1.15 bits per heavy atom. The highest BCUT2D eigenvalue weighted by atomic mass is 32.1. The molecule has 3 rings (SSSR count). The maximum atomic E-state index is 12.2. The van der Waals surface area contributed by atoms with E-state index in [2.05, 4.69) is 30.0 Å². The van der Waals surface area contributed by atoms with Gasteiger partial charge in [0.2, 0.25) is 0 Å². The quantitative estimate of drug-likeness (QED) is 0.673. The highest BCUT2D eigenvalue weighted by Crippen LogP contribution is 2.28. The molecule has 8 heteroatoms. The maximum Gasteiger partial charge on any atom is 0.368 e. The molecule has 0 saturated heterocycles. The van der Waals surface area contributed by atoms with Gasteiger partial charge in [0.25, 0.3) is 0 Å². The van der Waals surface area contributed by atoms with Gasteiger partial charge in [-0.25, -0.2) is 4.79 Å². The van der Waals surface area contributed by atoms with Crippen LogP contribution in [0.2, 0.25) is 0 Å². The van der Waals surface area contributed by atoms with Crippen molar-refractivity contribution >= 4 is 12.6 Å². The van der Waals surface area contributed by atoms with Crippen LogP contribution in [0.1, 0.15) is 18.1 Å². The Kier molecular flexibility index (Phi) is 5.32. The lowest BCUT2D eigenvalue weighted by Crippen LogP contribution is -2.23. The predicted molar refractivity (Wildman–Crippen MR) is 101 cm³/mol. The highest BCUT2D eigenvalue weighted by molar-refractivity contribution is 7.80. The first-order valence-corrected chi connectivity index (χ1v) is 8.59. The summed E-state index contributed by atoms with van der Waals surface area (Å²) in [5.41, 5.74) is 2.01. The second-order valence-corrected chi connectivity index (χ2v) is 6.21. The Labute approximate surface area is 156 Å². The smallest absolute Gasteiger partial charge is 0.368 e. The molecule has 0 aliphatic carbocycles. The zero-order valence-electron chi connectivity index (χ0n) is 14.8. The lowest BCUT2D eigenvalue weighted by molar-refractivity contribution is 0.293. The summed E-state index contributed by atoms with van der Waals surface area (Å²) in [7, 11) is 3.13. The summed E-state index contributed by atoms with van der Waals surface area (Å²) in [6.07, 6.45) is 0.826. The van der Waals surface area contributed by atoms with Crippen LogP contribution in [0.5, 0.6) is 11.5 Å². The predicted octanol–water partition coefficient (Wildman–Crippen LogP) is 2.40. The number of tetrazole rings is 1. The molecule has 3 aromatic rings. The molecule has 0 radical (unpaired) electrons. The third-order valence-corrected chi connectivity index (χ3v) is 4.35. The summed E-state index contributed by atoms with van der Waals surface area (Å²) in [6, 6.07) is 11.2. The fourth-order valence-corrected chi connectivity index (χ4v) is 2.92. The highest BCUT2D eigenvalue weighted by Gasteiger charge is 2.16. The molecule has 0 aliphatic rings. The number of hydrogen-bond donors (Lipinski definition) is 1. The van der Waals surface area contributed by atoms with E-state index in [0.29, 0.717) is 11.4 Å². The number of aromatic nitrogens is 4. The summed E-state index contributed by atoms with van der Waals surface area (Å²) >= 11 is 4.37. The van der Waals surface area contributed by atoms with E-state index >= 15 is 0 Å². The van der Waals surface area contributed by atoms with Gasteiger partial charge in [-0.3, -0.25) is 0 Å². The molecule has 0 aliphatic heterocycles. The Bertz CT molecular complexity index is 981. The number of rotatable bonds is 6. The van der Waals surface area contributed by atoms with Crippen molar-refractivity contribution < 1.29 is 9.47 Å². The van der Waals surface area contributed by atoms with Crippen LogP contribution in [0.15, 0.2) is 46.1 Å². The van der Waals surface area contributed by atoms with Gasteiger partial charge in [-0.2, -0.15) is 9.36 Å². The third-order valence-electron chi connectivity index (χ3n) is 4.08. The van der Waals surface area contributed by atoms with E-state index in [4.69, 9.17) is 9.47 Å². The Morgan fingerprint density at radius 3 is 2.62 bits per heavy atom. The molecule has 7 nitrogen and oxygen atoms in total. The monoisotopic (exact) mass is 372 g/mol. The molecule has 26 heavy (non-hydrogen) atoms. The molecule has 2 aromatic carbocycles. The summed E-state index contributed by atoms with van der Waals surface area (Å²) in [6.45, 7) is 2.28. The van der Waals surface area contributed by atoms with E-state index in [1.54, 1.807) is 26.3 Å². The van der Waals surface area contributed by atoms with Gasteiger partial charge in [-0.15, -0.1) is 12.6 Å². The van der Waals surface area contributed by atoms with Gasteiger partial charge in [-0.05, 0) is 52.7 Å². The van der Waals surface area contributed by atoms with Crippen LogP contribution >= 0.6 is 12.6 Å². The standard InChI is InChI=1S/C18H20N4O3S/c1-4-12-10-13(26)8-9-16(12)25-11-14-15(6-5-7-17(14)24-3)22-18(23)21(2)19-20-22/h5-10,26H,4,11H2,1-3H3. The van der Waals surface area contributed by atoms with Gasteiger partial charge < -0.3 is 9.47 Å². The van der Waals surface area contributed by atoms with Gasteiger partial charge in [0.05, 0.1) is 18.4 Å². The van der Waals surface area contributed by atoms with Gasteiger partial charge >= 0.3 is 5.69 Å². The van der Waals surface area contributed by atoms with E-state index < -0.39 is 0 Å². The number of nitrogens with zero attached hydrogens (tertiary/aromatic N) is 4. The molecule has 0 saturated carbocycles. The van der Waals surface area contributed by atoms with Gasteiger partial charge in [0.1, 0.15) is 18.1 Å². The van der Waals surface area contributed by atoms with Crippen molar-refractivity contribution in [3.8, 4) is 17.2 Å². The molecule has 0 bridgehead atoms. The molecule has 0 amide bonds. The van der Waals surface area contributed by atoms with Crippen molar-refractivity contribution in [3.05, 3.63) is 58.0 Å². The van der Waals surface area contributed by atoms with Crippen LogP contribution in [-0.4, -0.2) is 26.9 Å². The SMILES string of the molecule is CCc1cc(S)ccc1OCc1c(OC)cccc1-n1nnn(C)c1=O. The number of ether oxygens (including phenoxy) is 2. The number of methoxy groups -OCH3 is 1. The molecule has 0 N–H and O–H groups in total. The molecule has 136 valence electrons. The zero-order chi connectivity index (χ0) is 18.7. The Balaban J connectivity index is 1.99. The normalized spacial score (nSPS) is 10.8. The molecule has 0 unspecified atom stereocenters. The Hall–Kier alpha value is -2.74. The number of aryl methyl sites for hydroxylation is 2. The molecule has 1 heterocycles. The van der Waals surface area contributed by atoms with Gasteiger partial charge in [-0.1, -0.05) is 13.0 Å². The number of thiol groups is 1. The van der Waals surface area contributed by atoms with E-state index in [1.165, 1.54) is 9.36 Å². The van der Waals surface area contributed by atoms with Crippen molar-refractivity contribution in [2.75, 3.05) is 7.11 Å². The van der Waals surface area contributed by atoms with Crippen LogP contribution in [0.25, 0.3) is 5.69 Å². The van der Waals surface area contributed by atoms with Crippen molar-refractivity contribution in [3.63, 3.8) is 0 Å². The summed E-state index contributed by atoms with van der Waals surface area (Å²) in [4.78, 5) is 13.1.